The van der Waals surface area contributed by atoms with E-state index >= 15 is 0 Å². The molecule has 20 heavy (non-hydrogen) atoms. The van der Waals surface area contributed by atoms with Gasteiger partial charge in [-0.3, -0.25) is 9.59 Å². The summed E-state index contributed by atoms with van der Waals surface area (Å²) in [7, 11) is 0. The number of hydrogen-bond acceptors (Lipinski definition) is 3. The van der Waals surface area contributed by atoms with Crippen LogP contribution >= 0.6 is 0 Å². The molecule has 0 bridgehead atoms. The number of nitrogens with two attached hydrogens (primary N) is 1. The molecule has 4 amide bonds. The molecular weight excluding hydrogens is 260 g/mol. The predicted octanol–water partition coefficient (Wildman–Crippen LogP) is 0.102. The van der Waals surface area contributed by atoms with Crippen LogP contribution in [0.4, 0.5) is 4.79 Å². The number of nitrogens with one attached hydrogen (secondary N) is 3. The number of carbonyl (C=O) groups excluding carboxylic acids is 3. The molecule has 0 aromatic carbocycles. The molecule has 1 atom stereocenters. The molecule has 0 radical (unpaired) electrons. The highest BCUT2D eigenvalue weighted by Crippen LogP contribution is 2.02. The van der Waals surface area contributed by atoms with E-state index in [1.807, 2.05) is 20.8 Å². The van der Waals surface area contributed by atoms with Gasteiger partial charge in [0.25, 0.3) is 0 Å². The van der Waals surface area contributed by atoms with Crippen LogP contribution in [0.5, 0.6) is 0 Å². The van der Waals surface area contributed by atoms with Gasteiger partial charge in [0.05, 0.1) is 0 Å². The van der Waals surface area contributed by atoms with E-state index in [0.717, 1.165) is 0 Å². The summed E-state index contributed by atoms with van der Waals surface area (Å²) in [6.07, 6.45) is 1.40. The maximum atomic E-state index is 11.9. The lowest BCUT2D eigenvalue weighted by Crippen LogP contribution is -2.47. The van der Waals surface area contributed by atoms with Gasteiger partial charge in [-0.05, 0) is 25.7 Å². The molecule has 5 N–H and O–H groups in total. The Kier molecular flexibility index (Phi) is 9.15. The molecule has 116 valence electrons. The fourth-order valence-electron chi connectivity index (χ4n) is 1.71. The second kappa shape index (κ2) is 10.1. The molecule has 0 rings (SSSR count). The molecule has 0 saturated carbocycles. The molecule has 0 aliphatic rings. The molecular formula is C13H26N4O3. The van der Waals surface area contributed by atoms with Crippen LogP contribution in [-0.2, 0) is 9.59 Å². The average Bonchev–Trinajstić information content (AvgIpc) is 2.32. The van der Waals surface area contributed by atoms with Crippen molar-refractivity contribution < 1.29 is 14.4 Å². The van der Waals surface area contributed by atoms with Gasteiger partial charge < -0.3 is 21.7 Å². The van der Waals surface area contributed by atoms with Crippen LogP contribution in [0.2, 0.25) is 0 Å². The number of amides is 4. The predicted molar refractivity (Wildman–Crippen MR) is 76.9 cm³/mol. The number of rotatable bonds is 9. The lowest BCUT2D eigenvalue weighted by atomic mass is 10.1. The van der Waals surface area contributed by atoms with Crippen LogP contribution in [0.1, 0.15) is 40.0 Å². The normalized spacial score (nSPS) is 11.8. The maximum absolute atomic E-state index is 11.9. The molecule has 0 spiro atoms. The van der Waals surface area contributed by atoms with E-state index in [9.17, 15) is 14.4 Å². The fourth-order valence-corrected chi connectivity index (χ4v) is 1.71. The van der Waals surface area contributed by atoms with Crippen LogP contribution in [0.3, 0.4) is 0 Å². The minimum atomic E-state index is -0.594. The summed E-state index contributed by atoms with van der Waals surface area (Å²) in [5, 5.41) is 7.87. The monoisotopic (exact) mass is 286 g/mol. The van der Waals surface area contributed by atoms with Crippen molar-refractivity contribution in [2.24, 2.45) is 11.7 Å². The van der Waals surface area contributed by atoms with E-state index < -0.39 is 12.1 Å². The molecule has 0 aromatic heterocycles. The van der Waals surface area contributed by atoms with Crippen molar-refractivity contribution in [3.8, 4) is 0 Å². The highest BCUT2D eigenvalue weighted by molar-refractivity contribution is 5.87. The van der Waals surface area contributed by atoms with Crippen molar-refractivity contribution in [3.05, 3.63) is 0 Å². The van der Waals surface area contributed by atoms with Crippen LogP contribution in [0.25, 0.3) is 0 Å². The first-order valence-corrected chi connectivity index (χ1v) is 6.97. The molecule has 0 unspecified atom stereocenters. The summed E-state index contributed by atoms with van der Waals surface area (Å²) in [5.41, 5.74) is 4.95. The molecule has 0 fully saturated rings. The number of carbonyl (C=O) groups is 3. The van der Waals surface area contributed by atoms with E-state index in [0.29, 0.717) is 32.4 Å². The highest BCUT2D eigenvalue weighted by atomic mass is 16.2. The van der Waals surface area contributed by atoms with Crippen molar-refractivity contribution in [3.63, 3.8) is 0 Å². The lowest BCUT2D eigenvalue weighted by molar-refractivity contribution is -0.129. The highest BCUT2D eigenvalue weighted by Gasteiger charge is 2.20. The Balaban J connectivity index is 4.30. The first-order valence-electron chi connectivity index (χ1n) is 6.97. The summed E-state index contributed by atoms with van der Waals surface area (Å²) in [6.45, 7) is 6.59. The Hall–Kier alpha value is -1.79. The maximum Gasteiger partial charge on any atom is 0.312 e. The second-order valence-corrected chi connectivity index (χ2v) is 5.05. The first-order chi connectivity index (χ1) is 9.36. The summed E-state index contributed by atoms with van der Waals surface area (Å²) in [5.74, 6) is -0.107. The molecule has 7 nitrogen and oxygen atoms in total. The SMILES string of the molecule is CCNC(=O)[C@H](CCCNC(N)=O)NC(=O)CC(C)C. The van der Waals surface area contributed by atoms with E-state index in [2.05, 4.69) is 16.0 Å². The van der Waals surface area contributed by atoms with Crippen LogP contribution in [-0.4, -0.2) is 37.0 Å². The largest absolute Gasteiger partial charge is 0.355 e. The third-order valence-corrected chi connectivity index (χ3v) is 2.57. The van der Waals surface area contributed by atoms with Crippen molar-refractivity contribution in [1.82, 2.24) is 16.0 Å². The zero-order valence-electron chi connectivity index (χ0n) is 12.5. The molecule has 0 aliphatic heterocycles. The van der Waals surface area contributed by atoms with E-state index in [4.69, 9.17) is 5.73 Å². The van der Waals surface area contributed by atoms with Crippen LogP contribution in [0, 0.1) is 5.92 Å². The zero-order chi connectivity index (χ0) is 15.5. The quantitative estimate of drug-likeness (QED) is 0.451. The molecule has 0 saturated heterocycles. The minimum absolute atomic E-state index is 0.140. The molecule has 0 heterocycles. The Morgan fingerprint density at radius 1 is 1.15 bits per heavy atom. The van der Waals surface area contributed by atoms with Crippen molar-refractivity contribution >= 4 is 17.8 Å². The van der Waals surface area contributed by atoms with E-state index in [-0.39, 0.29) is 17.7 Å². The molecule has 7 heteroatoms. The van der Waals surface area contributed by atoms with Crippen molar-refractivity contribution in [2.75, 3.05) is 13.1 Å². The van der Waals surface area contributed by atoms with Gasteiger partial charge in [-0.1, -0.05) is 13.8 Å². The van der Waals surface area contributed by atoms with Gasteiger partial charge in [-0.15, -0.1) is 0 Å². The Morgan fingerprint density at radius 2 is 1.80 bits per heavy atom. The summed E-state index contributed by atoms with van der Waals surface area (Å²) < 4.78 is 0. The molecule has 0 aliphatic carbocycles. The lowest BCUT2D eigenvalue weighted by Gasteiger charge is -2.18. The number of primary amides is 1. The van der Waals surface area contributed by atoms with Gasteiger partial charge in [-0.25, -0.2) is 4.79 Å². The minimum Gasteiger partial charge on any atom is -0.355 e. The van der Waals surface area contributed by atoms with Crippen molar-refractivity contribution in [2.45, 2.75) is 46.1 Å². The van der Waals surface area contributed by atoms with E-state index in [1.54, 1.807) is 0 Å². The van der Waals surface area contributed by atoms with Gasteiger partial charge in [0, 0.05) is 19.5 Å². The van der Waals surface area contributed by atoms with Gasteiger partial charge in [0.15, 0.2) is 0 Å². The summed E-state index contributed by atoms with van der Waals surface area (Å²) in [4.78, 5) is 34.1. The average molecular weight is 286 g/mol. The van der Waals surface area contributed by atoms with Gasteiger partial charge >= 0.3 is 6.03 Å². The Morgan fingerprint density at radius 3 is 2.30 bits per heavy atom. The number of hydrogen-bond donors (Lipinski definition) is 4. The van der Waals surface area contributed by atoms with Gasteiger partial charge in [-0.2, -0.15) is 0 Å². The number of likely N-dealkylation sites (N-methyl/N-ethyl adjacent to an activating group) is 1. The number of urea groups is 1. The Bertz CT molecular complexity index is 332. The standard InChI is InChI=1S/C13H26N4O3/c1-4-15-12(19)10(6-5-7-16-13(14)20)17-11(18)8-9(2)3/h9-10H,4-8H2,1-3H3,(H,15,19)(H,17,18)(H3,14,16,20)/t10-/m0/s1. The summed E-state index contributed by atoms with van der Waals surface area (Å²) >= 11 is 0. The molecule has 0 aromatic rings. The van der Waals surface area contributed by atoms with Crippen LogP contribution < -0.4 is 21.7 Å². The van der Waals surface area contributed by atoms with Crippen LogP contribution in [0.15, 0.2) is 0 Å². The third-order valence-electron chi connectivity index (χ3n) is 2.57. The van der Waals surface area contributed by atoms with Gasteiger partial charge in [0.1, 0.15) is 6.04 Å². The summed E-state index contributed by atoms with van der Waals surface area (Å²) in [6, 6.07) is -1.17. The van der Waals surface area contributed by atoms with Crippen molar-refractivity contribution in [1.29, 1.82) is 0 Å². The topological polar surface area (TPSA) is 113 Å². The zero-order valence-corrected chi connectivity index (χ0v) is 12.5. The first kappa shape index (κ1) is 18.2. The Labute approximate surface area is 120 Å². The van der Waals surface area contributed by atoms with E-state index in [1.165, 1.54) is 0 Å². The fraction of sp³-hybridized carbons (Fsp3) is 0.769. The second-order valence-electron chi connectivity index (χ2n) is 5.05. The third kappa shape index (κ3) is 9.18. The van der Waals surface area contributed by atoms with Gasteiger partial charge in [0.2, 0.25) is 11.8 Å². The smallest absolute Gasteiger partial charge is 0.312 e.